The summed E-state index contributed by atoms with van der Waals surface area (Å²) < 4.78 is 28.0. The van der Waals surface area contributed by atoms with Crippen molar-refractivity contribution in [2.24, 2.45) is 0 Å². The van der Waals surface area contributed by atoms with Crippen LogP contribution in [0.25, 0.3) is 11.4 Å². The van der Waals surface area contributed by atoms with Gasteiger partial charge in [0.2, 0.25) is 5.95 Å². The molecule has 0 saturated carbocycles. The van der Waals surface area contributed by atoms with Crippen LogP contribution in [0.5, 0.6) is 5.75 Å². The van der Waals surface area contributed by atoms with Crippen molar-refractivity contribution in [1.82, 2.24) is 34.5 Å². The molecule has 15 heteroatoms. The number of piperidine rings is 1. The van der Waals surface area contributed by atoms with Gasteiger partial charge in [-0.2, -0.15) is 15.3 Å². The fourth-order valence-electron chi connectivity index (χ4n) is 6.33. The van der Waals surface area contributed by atoms with E-state index in [9.17, 15) is 15.2 Å². The molecule has 254 valence electrons. The number of aliphatic hydroxyl groups excluding tert-OH is 1. The fourth-order valence-corrected chi connectivity index (χ4v) is 6.33. The summed E-state index contributed by atoms with van der Waals surface area (Å²) in [6.07, 6.45) is 0.810. The van der Waals surface area contributed by atoms with Crippen LogP contribution in [-0.4, -0.2) is 123 Å². The Bertz CT molecular complexity index is 1800. The van der Waals surface area contributed by atoms with Crippen molar-refractivity contribution >= 4 is 23.2 Å². The van der Waals surface area contributed by atoms with Crippen LogP contribution in [0.4, 0.5) is 21.7 Å². The zero-order valence-corrected chi connectivity index (χ0v) is 26.9. The molecule has 5 heterocycles. The van der Waals surface area contributed by atoms with Gasteiger partial charge in [0, 0.05) is 62.3 Å². The van der Waals surface area contributed by atoms with E-state index in [1.54, 1.807) is 24.3 Å². The molecule has 0 aliphatic carbocycles. The van der Waals surface area contributed by atoms with Gasteiger partial charge in [0.05, 0.1) is 44.5 Å². The number of nitriles is 1. The molecule has 49 heavy (non-hydrogen) atoms. The van der Waals surface area contributed by atoms with Crippen molar-refractivity contribution in [3.63, 3.8) is 0 Å². The number of ether oxygens (including phenoxy) is 2. The van der Waals surface area contributed by atoms with Crippen LogP contribution in [0, 0.1) is 11.3 Å². The van der Waals surface area contributed by atoms with Crippen molar-refractivity contribution in [3.05, 3.63) is 72.3 Å². The van der Waals surface area contributed by atoms with Gasteiger partial charge in [0.25, 0.3) is 5.91 Å². The molecule has 0 bridgehead atoms. The Morgan fingerprint density at radius 2 is 1.90 bits per heavy atom. The summed E-state index contributed by atoms with van der Waals surface area (Å²) in [7, 11) is 0. The number of benzene rings is 2. The minimum Gasteiger partial charge on any atom is -0.486 e. The van der Waals surface area contributed by atoms with Gasteiger partial charge in [0.15, 0.2) is 12.0 Å². The number of anilines is 3. The van der Waals surface area contributed by atoms with Crippen LogP contribution in [0.3, 0.4) is 0 Å². The van der Waals surface area contributed by atoms with E-state index < -0.39 is 12.3 Å². The molecule has 2 atom stereocenters. The average Bonchev–Trinajstić information content (AvgIpc) is 3.57. The Kier molecular flexibility index (Phi) is 9.60. The zero-order valence-electron chi connectivity index (χ0n) is 26.9. The number of hydrogen-bond donors (Lipinski definition) is 2. The van der Waals surface area contributed by atoms with E-state index in [2.05, 4.69) is 53.4 Å². The fraction of sp³-hybridized carbons (Fsp3) is 0.412. The number of amides is 1. The number of likely N-dealkylation sites (tertiary alicyclic amines) is 1. The van der Waals surface area contributed by atoms with Crippen LogP contribution >= 0.6 is 0 Å². The number of nitrogens with one attached hydrogen (secondary N) is 1. The Morgan fingerprint density at radius 3 is 2.61 bits per heavy atom. The summed E-state index contributed by atoms with van der Waals surface area (Å²) in [5.41, 5.74) is 3.07. The Hall–Kier alpha value is -5.17. The lowest BCUT2D eigenvalue weighted by atomic mass is 10.0. The highest BCUT2D eigenvalue weighted by Gasteiger charge is 2.35. The molecule has 14 nitrogen and oxygen atoms in total. The van der Waals surface area contributed by atoms with E-state index in [1.165, 1.54) is 27.8 Å². The molecule has 7 rings (SSSR count). The first kappa shape index (κ1) is 32.4. The number of carbonyl (C=O) groups is 1. The number of alkyl halides is 1. The Balaban J connectivity index is 0.959. The van der Waals surface area contributed by atoms with Crippen LogP contribution < -0.4 is 15.0 Å². The smallest absolute Gasteiger partial charge is 0.272 e. The second-order valence-corrected chi connectivity index (χ2v) is 12.2. The SMILES string of the molecule is N#Cc1cc(-c2ncnc(Nc3ccc(N4CCN(C5COC5)CC4)cc3)n2)ccc1O[C@H]1CCN(C(=O)c2ccnn2CCO)C[C@@H]1F. The minimum absolute atomic E-state index is 0.162. The topological polar surface area (TPSA) is 158 Å². The molecule has 2 N–H and O–H groups in total. The molecule has 0 unspecified atom stereocenters. The van der Waals surface area contributed by atoms with Gasteiger partial charge in [-0.25, -0.2) is 14.4 Å². The number of aromatic nitrogens is 5. The van der Waals surface area contributed by atoms with Crippen LogP contribution in [0.15, 0.2) is 61.1 Å². The molecular weight excluding hydrogens is 631 g/mol. The second-order valence-electron chi connectivity index (χ2n) is 12.2. The van der Waals surface area contributed by atoms with Gasteiger partial charge in [-0.05, 0) is 48.5 Å². The maximum Gasteiger partial charge on any atom is 0.272 e. The van der Waals surface area contributed by atoms with Crippen molar-refractivity contribution in [3.8, 4) is 23.2 Å². The number of nitrogens with zero attached hydrogens (tertiary/aromatic N) is 9. The molecule has 2 aromatic heterocycles. The largest absolute Gasteiger partial charge is 0.486 e. The van der Waals surface area contributed by atoms with Gasteiger partial charge in [-0.1, -0.05) is 0 Å². The maximum atomic E-state index is 15.3. The molecule has 3 saturated heterocycles. The highest BCUT2D eigenvalue weighted by molar-refractivity contribution is 5.92. The van der Waals surface area contributed by atoms with E-state index >= 15 is 4.39 Å². The lowest BCUT2D eigenvalue weighted by Gasteiger charge is -2.43. The van der Waals surface area contributed by atoms with E-state index in [0.29, 0.717) is 23.4 Å². The molecule has 0 spiro atoms. The number of hydrogen-bond acceptors (Lipinski definition) is 12. The molecule has 3 aliphatic heterocycles. The molecule has 2 aromatic carbocycles. The van der Waals surface area contributed by atoms with Crippen LogP contribution in [0.1, 0.15) is 22.5 Å². The van der Waals surface area contributed by atoms with E-state index in [0.717, 1.165) is 45.1 Å². The van der Waals surface area contributed by atoms with E-state index in [1.807, 2.05) is 12.1 Å². The van der Waals surface area contributed by atoms with Crippen molar-refractivity contribution < 1.29 is 23.8 Å². The summed E-state index contributed by atoms with van der Waals surface area (Å²) >= 11 is 0. The molecule has 3 fully saturated rings. The van der Waals surface area contributed by atoms with E-state index in [-0.39, 0.29) is 55.6 Å². The molecular formula is C34H37FN10O4. The summed E-state index contributed by atoms with van der Waals surface area (Å²) in [6, 6.07) is 17.3. The van der Waals surface area contributed by atoms with Gasteiger partial charge < -0.3 is 29.7 Å². The number of carbonyl (C=O) groups excluding carboxylic acids is 1. The molecule has 0 radical (unpaired) electrons. The first-order chi connectivity index (χ1) is 24.0. The first-order valence-electron chi connectivity index (χ1n) is 16.4. The highest BCUT2D eigenvalue weighted by atomic mass is 19.1. The number of rotatable bonds is 10. The van der Waals surface area contributed by atoms with Crippen molar-refractivity contribution in [2.75, 3.05) is 69.3 Å². The second kappa shape index (κ2) is 14.5. The standard InChI is InChI=1S/C34H37FN10O4/c35-28-19-44(33(47)29-7-9-39-45(29)15-16-46)10-8-31(28)49-30-6-1-23(17-24(30)18-36)32-37-22-38-34(41-32)40-25-2-4-26(5-3-25)42-11-13-43(14-12-42)27-20-48-21-27/h1-7,9,17,22,27-28,31,46H,8,10-16,19-21H2,(H,37,38,40,41)/t28-,31-/m0/s1. The van der Waals surface area contributed by atoms with Crippen LogP contribution in [0.2, 0.25) is 0 Å². The third-order valence-electron chi connectivity index (χ3n) is 9.16. The van der Waals surface area contributed by atoms with Crippen molar-refractivity contribution in [1.29, 1.82) is 5.26 Å². The van der Waals surface area contributed by atoms with Gasteiger partial charge >= 0.3 is 0 Å². The average molecular weight is 669 g/mol. The number of halogens is 1. The van der Waals surface area contributed by atoms with Gasteiger partial charge in [-0.15, -0.1) is 0 Å². The summed E-state index contributed by atoms with van der Waals surface area (Å²) in [5, 5.41) is 26.4. The molecule has 1 amide bonds. The van der Waals surface area contributed by atoms with E-state index in [4.69, 9.17) is 9.47 Å². The van der Waals surface area contributed by atoms with Gasteiger partial charge in [0.1, 0.15) is 29.9 Å². The quantitative estimate of drug-likeness (QED) is 0.255. The van der Waals surface area contributed by atoms with Crippen LogP contribution in [-0.2, 0) is 11.3 Å². The number of aliphatic hydroxyl groups is 1. The zero-order chi connectivity index (χ0) is 33.7. The summed E-state index contributed by atoms with van der Waals surface area (Å²) in [4.78, 5) is 32.4. The summed E-state index contributed by atoms with van der Waals surface area (Å²) in [5.74, 6) is 0.601. The minimum atomic E-state index is -1.47. The highest BCUT2D eigenvalue weighted by Crippen LogP contribution is 2.29. The lowest BCUT2D eigenvalue weighted by molar-refractivity contribution is -0.0660. The molecule has 3 aliphatic rings. The Labute approximate surface area is 282 Å². The first-order valence-corrected chi connectivity index (χ1v) is 16.4. The van der Waals surface area contributed by atoms with Gasteiger partial charge in [-0.3, -0.25) is 14.4 Å². The van der Waals surface area contributed by atoms with Crippen molar-refractivity contribution in [2.45, 2.75) is 31.3 Å². The lowest BCUT2D eigenvalue weighted by Crippen LogP contribution is -2.56. The third kappa shape index (κ3) is 7.16. The Morgan fingerprint density at radius 1 is 1.08 bits per heavy atom. The maximum absolute atomic E-state index is 15.3. The predicted octanol–water partition coefficient (Wildman–Crippen LogP) is 2.50. The normalized spacial score (nSPS) is 20.0. The third-order valence-corrected chi connectivity index (χ3v) is 9.16. The predicted molar refractivity (Wildman–Crippen MR) is 177 cm³/mol. The summed E-state index contributed by atoms with van der Waals surface area (Å²) in [6.45, 7) is 5.80. The molecule has 4 aromatic rings. The monoisotopic (exact) mass is 668 g/mol. The number of piperazine rings is 1.